The minimum absolute atomic E-state index is 0.0160. The van der Waals surface area contributed by atoms with E-state index in [2.05, 4.69) is 26.9 Å². The maximum absolute atomic E-state index is 12.7. The summed E-state index contributed by atoms with van der Waals surface area (Å²) in [6.45, 7) is 4.08. The van der Waals surface area contributed by atoms with Crippen LogP contribution in [0.2, 0.25) is 0 Å². The minimum atomic E-state index is 0.0160. The maximum Gasteiger partial charge on any atom is 0.235 e. The van der Waals surface area contributed by atoms with E-state index in [-0.39, 0.29) is 11.2 Å². The number of imidazole rings is 1. The fraction of sp³-hybridized carbons (Fsp3) is 0.500. The number of rotatable bonds is 6. The molecule has 2 fully saturated rings. The van der Waals surface area contributed by atoms with Crippen LogP contribution in [0.1, 0.15) is 55.4 Å². The SMILES string of the molecule is Cc1cc(NC(=O)CS[C@H](C)c2nc3ccccc3[nH]2)n([C@@H]2C[C@H]3CC[C@H]2C3)n1. The van der Waals surface area contributed by atoms with Crippen LogP contribution in [-0.4, -0.2) is 31.4 Å². The second kappa shape index (κ2) is 7.52. The number of aryl methyl sites for hydroxylation is 1. The summed E-state index contributed by atoms with van der Waals surface area (Å²) in [6, 6.07) is 10.4. The van der Waals surface area contributed by atoms with Crippen LogP contribution in [0.15, 0.2) is 30.3 Å². The molecule has 2 aromatic heterocycles. The van der Waals surface area contributed by atoms with Crippen molar-refractivity contribution < 1.29 is 4.79 Å². The predicted molar refractivity (Wildman–Crippen MR) is 117 cm³/mol. The van der Waals surface area contributed by atoms with Gasteiger partial charge >= 0.3 is 0 Å². The zero-order chi connectivity index (χ0) is 20.0. The molecule has 29 heavy (non-hydrogen) atoms. The highest BCUT2D eigenvalue weighted by Crippen LogP contribution is 2.51. The fourth-order valence-corrected chi connectivity index (χ4v) is 5.74. The van der Waals surface area contributed by atoms with Crippen LogP contribution in [0.25, 0.3) is 11.0 Å². The molecule has 2 heterocycles. The first-order chi connectivity index (χ1) is 14.1. The summed E-state index contributed by atoms with van der Waals surface area (Å²) < 4.78 is 2.09. The number of H-pyrrole nitrogens is 1. The number of nitrogens with zero attached hydrogens (tertiary/aromatic N) is 3. The van der Waals surface area contributed by atoms with E-state index in [0.717, 1.165) is 40.2 Å². The van der Waals surface area contributed by atoms with Gasteiger partial charge in [0.05, 0.1) is 33.8 Å². The van der Waals surface area contributed by atoms with Gasteiger partial charge in [-0.05, 0) is 57.1 Å². The number of carbonyl (C=O) groups excluding carboxylic acids is 1. The van der Waals surface area contributed by atoms with E-state index >= 15 is 0 Å². The molecule has 2 saturated carbocycles. The van der Waals surface area contributed by atoms with E-state index < -0.39 is 0 Å². The Balaban J connectivity index is 1.22. The normalized spacial score (nSPS) is 24.3. The smallest absolute Gasteiger partial charge is 0.235 e. The number of fused-ring (bicyclic) bond motifs is 3. The standard InChI is InChI=1S/C22H27N5OS/c1-13-9-20(27(26-13)19-11-15-7-8-16(19)10-15)25-21(28)12-29-14(2)22-23-17-5-3-4-6-18(17)24-22/h3-6,9,14-16,19H,7-8,10-12H2,1-2H3,(H,23,24)(H,25,28)/t14-,15+,16+,19-/m1/s1. The molecule has 1 amide bonds. The fourth-order valence-electron chi connectivity index (χ4n) is 5.00. The number of benzene rings is 1. The first-order valence-corrected chi connectivity index (χ1v) is 11.5. The van der Waals surface area contributed by atoms with Crippen LogP contribution in [-0.2, 0) is 4.79 Å². The molecule has 6 nitrogen and oxygen atoms in total. The lowest BCUT2D eigenvalue weighted by atomic mass is 9.95. The summed E-state index contributed by atoms with van der Waals surface area (Å²) in [6.07, 6.45) is 5.18. The molecule has 0 radical (unpaired) electrons. The average molecular weight is 410 g/mol. The highest BCUT2D eigenvalue weighted by molar-refractivity contribution is 8.00. The first kappa shape index (κ1) is 18.7. The van der Waals surface area contributed by atoms with Crippen molar-refractivity contribution in [3.8, 4) is 0 Å². The third-order valence-electron chi connectivity index (χ3n) is 6.40. The summed E-state index contributed by atoms with van der Waals surface area (Å²) in [5.41, 5.74) is 2.96. The highest BCUT2D eigenvalue weighted by Gasteiger charge is 2.41. The van der Waals surface area contributed by atoms with Crippen molar-refractivity contribution in [1.82, 2.24) is 19.7 Å². The molecule has 2 N–H and O–H groups in total. The van der Waals surface area contributed by atoms with E-state index in [0.29, 0.717) is 11.8 Å². The second-order valence-corrected chi connectivity index (χ2v) is 9.83. The summed E-state index contributed by atoms with van der Waals surface area (Å²) in [5.74, 6) is 3.73. The molecule has 1 aromatic carbocycles. The number of hydrogen-bond acceptors (Lipinski definition) is 4. The lowest BCUT2D eigenvalue weighted by Crippen LogP contribution is -2.23. The number of nitrogens with one attached hydrogen (secondary N) is 2. The van der Waals surface area contributed by atoms with Crippen LogP contribution in [0.3, 0.4) is 0 Å². The van der Waals surface area contributed by atoms with E-state index in [1.807, 2.05) is 37.3 Å². The molecule has 0 spiro atoms. The van der Waals surface area contributed by atoms with Gasteiger partial charge in [0.15, 0.2) is 0 Å². The topological polar surface area (TPSA) is 75.6 Å². The van der Waals surface area contributed by atoms with Gasteiger partial charge in [0, 0.05) is 6.07 Å². The molecule has 2 aliphatic carbocycles. The van der Waals surface area contributed by atoms with Gasteiger partial charge in [-0.1, -0.05) is 18.6 Å². The highest BCUT2D eigenvalue weighted by atomic mass is 32.2. The third-order valence-corrected chi connectivity index (χ3v) is 7.55. The summed E-state index contributed by atoms with van der Waals surface area (Å²) in [5, 5.41) is 7.94. The maximum atomic E-state index is 12.7. The van der Waals surface area contributed by atoms with Crippen molar-refractivity contribution in [2.75, 3.05) is 11.1 Å². The van der Waals surface area contributed by atoms with Crippen LogP contribution >= 0.6 is 11.8 Å². The van der Waals surface area contributed by atoms with Gasteiger partial charge in [0.2, 0.25) is 5.91 Å². The molecule has 152 valence electrons. The molecule has 7 heteroatoms. The molecule has 3 aromatic rings. The van der Waals surface area contributed by atoms with Crippen molar-refractivity contribution in [2.24, 2.45) is 11.8 Å². The van der Waals surface area contributed by atoms with Gasteiger partial charge in [-0.2, -0.15) is 5.10 Å². The van der Waals surface area contributed by atoms with E-state index in [1.165, 1.54) is 25.7 Å². The van der Waals surface area contributed by atoms with Crippen molar-refractivity contribution >= 4 is 34.5 Å². The number of anilines is 1. The minimum Gasteiger partial charge on any atom is -0.341 e. The molecular weight excluding hydrogens is 382 g/mol. The van der Waals surface area contributed by atoms with Crippen molar-refractivity contribution in [3.05, 3.63) is 41.9 Å². The van der Waals surface area contributed by atoms with Crippen molar-refractivity contribution in [2.45, 2.75) is 50.8 Å². The Morgan fingerprint density at radius 1 is 1.34 bits per heavy atom. The summed E-state index contributed by atoms with van der Waals surface area (Å²) >= 11 is 1.59. The van der Waals surface area contributed by atoms with Gasteiger partial charge in [0.25, 0.3) is 0 Å². The quantitative estimate of drug-likeness (QED) is 0.609. The van der Waals surface area contributed by atoms with E-state index in [4.69, 9.17) is 5.10 Å². The van der Waals surface area contributed by atoms with Gasteiger partial charge < -0.3 is 10.3 Å². The third kappa shape index (κ3) is 3.68. The van der Waals surface area contributed by atoms with Gasteiger partial charge in [-0.3, -0.25) is 4.79 Å². The number of amides is 1. The van der Waals surface area contributed by atoms with Gasteiger partial charge in [0.1, 0.15) is 11.6 Å². The van der Waals surface area contributed by atoms with Crippen molar-refractivity contribution in [1.29, 1.82) is 0 Å². The Morgan fingerprint density at radius 2 is 2.21 bits per heavy atom. The molecule has 0 unspecified atom stereocenters. The molecular formula is C22H27N5OS. The number of aromatic nitrogens is 4. The number of hydrogen-bond donors (Lipinski definition) is 2. The van der Waals surface area contributed by atoms with Crippen molar-refractivity contribution in [3.63, 3.8) is 0 Å². The molecule has 0 aliphatic heterocycles. The Morgan fingerprint density at radius 3 is 2.97 bits per heavy atom. The van der Waals surface area contributed by atoms with Gasteiger partial charge in [-0.25, -0.2) is 9.67 Å². The number of para-hydroxylation sites is 2. The Bertz CT molecular complexity index is 1010. The average Bonchev–Trinajstić information content (AvgIpc) is 3.48. The summed E-state index contributed by atoms with van der Waals surface area (Å²) in [4.78, 5) is 20.7. The molecule has 2 bridgehead atoms. The Labute approximate surface area is 174 Å². The first-order valence-electron chi connectivity index (χ1n) is 10.5. The predicted octanol–water partition coefficient (Wildman–Crippen LogP) is 4.86. The zero-order valence-corrected chi connectivity index (χ0v) is 17.7. The van der Waals surface area contributed by atoms with Gasteiger partial charge in [-0.15, -0.1) is 11.8 Å². The molecule has 4 atom stereocenters. The number of carbonyl (C=O) groups is 1. The van der Waals surface area contributed by atoms with Crippen LogP contribution in [0.4, 0.5) is 5.82 Å². The van der Waals surface area contributed by atoms with Crippen LogP contribution in [0.5, 0.6) is 0 Å². The lowest BCUT2D eigenvalue weighted by Gasteiger charge is -2.24. The van der Waals surface area contributed by atoms with Crippen LogP contribution in [0, 0.1) is 18.8 Å². The molecule has 5 rings (SSSR count). The van der Waals surface area contributed by atoms with E-state index in [9.17, 15) is 4.79 Å². The van der Waals surface area contributed by atoms with Crippen LogP contribution < -0.4 is 5.32 Å². The summed E-state index contributed by atoms with van der Waals surface area (Å²) in [7, 11) is 0. The molecule has 2 aliphatic rings. The molecule has 0 saturated heterocycles. The Hall–Kier alpha value is -2.28. The van der Waals surface area contributed by atoms with E-state index in [1.54, 1.807) is 11.8 Å². The lowest BCUT2D eigenvalue weighted by molar-refractivity contribution is -0.113. The zero-order valence-electron chi connectivity index (χ0n) is 16.9. The number of thioether (sulfide) groups is 1. The number of aromatic amines is 1. The largest absolute Gasteiger partial charge is 0.341 e. The second-order valence-electron chi connectivity index (χ2n) is 8.50. The Kier molecular flexibility index (Phi) is 4.86. The monoisotopic (exact) mass is 409 g/mol.